The Hall–Kier alpha value is -1.19. The van der Waals surface area contributed by atoms with Crippen molar-refractivity contribution in [2.75, 3.05) is 0 Å². The van der Waals surface area contributed by atoms with Crippen LogP contribution in [0.15, 0.2) is 18.2 Å². The summed E-state index contributed by atoms with van der Waals surface area (Å²) in [5.41, 5.74) is -0.412. The van der Waals surface area contributed by atoms with E-state index in [2.05, 4.69) is 0 Å². The number of carboxylic acids is 1. The molecular weight excluding hydrogens is 204 g/mol. The number of benzene rings is 1. The average Bonchev–Trinajstić information content (AvgIpc) is 1.94. The molecule has 63 valence electrons. The van der Waals surface area contributed by atoms with Crippen LogP contribution in [0.1, 0.15) is 10.4 Å². The molecule has 0 amide bonds. The van der Waals surface area contributed by atoms with Gasteiger partial charge in [0.25, 0.3) is 0 Å². The standard InChI is InChI=1S/C7H6O4.Fe/c8-5-3-1-2-4(6(5)9)7(10)11;/h1-3,8-9H,(H,10,11);/q;+3/p-1. The zero-order valence-electron chi connectivity index (χ0n) is 5.80. The summed E-state index contributed by atoms with van der Waals surface area (Å²) in [5.74, 6) is -2.71. The van der Waals surface area contributed by atoms with E-state index in [1.54, 1.807) is 0 Å². The number of carboxylic acid groups (broad SMARTS) is 1. The molecule has 0 aliphatic heterocycles. The van der Waals surface area contributed by atoms with Crippen LogP contribution in [0.2, 0.25) is 0 Å². The molecule has 0 aromatic heterocycles. The third-order valence-corrected chi connectivity index (χ3v) is 1.22. The van der Waals surface area contributed by atoms with E-state index in [4.69, 9.17) is 10.2 Å². The first-order valence-electron chi connectivity index (χ1n) is 2.85. The van der Waals surface area contributed by atoms with Crippen molar-refractivity contribution in [2.45, 2.75) is 0 Å². The van der Waals surface area contributed by atoms with Gasteiger partial charge >= 0.3 is 23.0 Å². The maximum Gasteiger partial charge on any atom is 3.00 e. The Bertz CT molecular complexity index is 297. The average molecular weight is 209 g/mol. The van der Waals surface area contributed by atoms with Crippen LogP contribution in [0, 0.1) is 0 Å². The third-order valence-electron chi connectivity index (χ3n) is 1.22. The first-order valence-corrected chi connectivity index (χ1v) is 2.85. The zero-order valence-corrected chi connectivity index (χ0v) is 6.90. The Kier molecular flexibility index (Phi) is 3.60. The maximum atomic E-state index is 10.8. The number of hydrogen-bond acceptors (Lipinski definition) is 3. The summed E-state index contributed by atoms with van der Waals surface area (Å²) < 4.78 is 0. The number of para-hydroxylation sites is 1. The third kappa shape index (κ3) is 1.90. The van der Waals surface area contributed by atoms with Crippen LogP contribution < -0.4 is 5.11 Å². The van der Waals surface area contributed by atoms with E-state index in [0.29, 0.717) is 0 Å². The molecule has 0 saturated heterocycles. The number of rotatable bonds is 1. The largest absolute Gasteiger partial charge is 3.00 e. The minimum absolute atomic E-state index is 0. The Balaban J connectivity index is 0.00000121. The second kappa shape index (κ2) is 3.99. The molecule has 0 aliphatic rings. The molecule has 1 rings (SSSR count). The Morgan fingerprint density at radius 3 is 2.42 bits per heavy atom. The quantitative estimate of drug-likeness (QED) is 0.645. The molecule has 1 aromatic rings. The molecule has 0 aliphatic carbocycles. The molecule has 0 saturated carbocycles. The van der Waals surface area contributed by atoms with Crippen molar-refractivity contribution in [1.29, 1.82) is 0 Å². The van der Waals surface area contributed by atoms with Gasteiger partial charge in [0.2, 0.25) is 0 Å². The van der Waals surface area contributed by atoms with Crippen molar-refractivity contribution < 1.29 is 37.2 Å². The van der Waals surface area contributed by atoms with Crippen LogP contribution in [0.3, 0.4) is 0 Å². The summed E-state index contributed by atoms with van der Waals surface area (Å²) in [4.78, 5) is 10.3. The van der Waals surface area contributed by atoms with E-state index in [0.717, 1.165) is 12.1 Å². The van der Waals surface area contributed by atoms with E-state index < -0.39 is 23.0 Å². The van der Waals surface area contributed by atoms with E-state index in [9.17, 15) is 9.90 Å². The fourth-order valence-corrected chi connectivity index (χ4v) is 0.693. The molecule has 2 N–H and O–H groups in total. The van der Waals surface area contributed by atoms with Crippen LogP contribution in [-0.4, -0.2) is 16.2 Å². The van der Waals surface area contributed by atoms with Crippen molar-refractivity contribution in [3.05, 3.63) is 23.8 Å². The smallest absolute Gasteiger partial charge is 0.869 e. The predicted molar refractivity (Wildman–Crippen MR) is 34.5 cm³/mol. The van der Waals surface area contributed by atoms with Crippen molar-refractivity contribution in [1.82, 2.24) is 0 Å². The van der Waals surface area contributed by atoms with Crippen molar-refractivity contribution in [2.24, 2.45) is 0 Å². The van der Waals surface area contributed by atoms with Crippen LogP contribution in [0.4, 0.5) is 0 Å². The molecule has 0 unspecified atom stereocenters. The number of phenols is 1. The summed E-state index contributed by atoms with van der Waals surface area (Å²) in [6.45, 7) is 0. The summed E-state index contributed by atoms with van der Waals surface area (Å²) in [5, 5.41) is 27.9. The molecule has 0 spiro atoms. The molecule has 0 heterocycles. The molecule has 5 heteroatoms. The SMILES string of the molecule is O=C(O)c1cccc(O)c1[O-].[Fe+3]. The van der Waals surface area contributed by atoms with Gasteiger partial charge in [0, 0.05) is 0 Å². The van der Waals surface area contributed by atoms with E-state index >= 15 is 0 Å². The number of hydrogen-bond donors (Lipinski definition) is 2. The molecule has 1 aromatic carbocycles. The first-order chi connectivity index (χ1) is 5.13. The Morgan fingerprint density at radius 1 is 1.42 bits per heavy atom. The van der Waals surface area contributed by atoms with Gasteiger partial charge in [-0.2, -0.15) is 0 Å². The molecule has 0 fully saturated rings. The van der Waals surface area contributed by atoms with Crippen molar-refractivity contribution >= 4 is 5.97 Å². The summed E-state index contributed by atoms with van der Waals surface area (Å²) in [6.07, 6.45) is 0. The van der Waals surface area contributed by atoms with E-state index in [1.807, 2.05) is 0 Å². The van der Waals surface area contributed by atoms with Gasteiger partial charge in [0.1, 0.15) is 5.75 Å². The Morgan fingerprint density at radius 2 is 2.00 bits per heavy atom. The molecular formula is C7H5FeO4+2. The summed E-state index contributed by atoms with van der Waals surface area (Å²) >= 11 is 0. The number of carbonyl (C=O) groups is 1. The number of aromatic carboxylic acids is 1. The predicted octanol–water partition coefficient (Wildman–Crippen LogP) is 0.161. The van der Waals surface area contributed by atoms with Crippen LogP contribution in [-0.2, 0) is 17.1 Å². The fourth-order valence-electron chi connectivity index (χ4n) is 0.693. The van der Waals surface area contributed by atoms with Crippen LogP contribution >= 0.6 is 0 Å². The van der Waals surface area contributed by atoms with Gasteiger partial charge in [0.15, 0.2) is 0 Å². The topological polar surface area (TPSA) is 80.6 Å². The van der Waals surface area contributed by atoms with Gasteiger partial charge in [-0.15, -0.1) is 0 Å². The molecule has 4 nitrogen and oxygen atoms in total. The van der Waals surface area contributed by atoms with Gasteiger partial charge in [-0.25, -0.2) is 4.79 Å². The van der Waals surface area contributed by atoms with Crippen LogP contribution in [0.25, 0.3) is 0 Å². The molecule has 12 heavy (non-hydrogen) atoms. The molecule has 0 bridgehead atoms. The normalized spacial score (nSPS) is 8.67. The second-order valence-corrected chi connectivity index (χ2v) is 1.96. The van der Waals surface area contributed by atoms with Gasteiger partial charge in [-0.3, -0.25) is 0 Å². The number of phenolic OH excluding ortho intramolecular Hbond substituents is 1. The summed E-state index contributed by atoms with van der Waals surface area (Å²) in [6, 6.07) is 3.60. The molecule has 1 radical (unpaired) electrons. The zero-order chi connectivity index (χ0) is 8.43. The van der Waals surface area contributed by atoms with Gasteiger partial charge < -0.3 is 15.3 Å². The van der Waals surface area contributed by atoms with Gasteiger partial charge in [-0.05, 0) is 12.1 Å². The minimum Gasteiger partial charge on any atom is -0.869 e. The Labute approximate surface area is 78.9 Å². The molecule has 0 atom stereocenters. The van der Waals surface area contributed by atoms with E-state index in [-0.39, 0.29) is 17.1 Å². The fraction of sp³-hybridized carbons (Fsp3) is 0. The monoisotopic (exact) mass is 209 g/mol. The van der Waals surface area contributed by atoms with Crippen LogP contribution in [0.5, 0.6) is 11.5 Å². The summed E-state index contributed by atoms with van der Waals surface area (Å²) in [7, 11) is 0. The van der Waals surface area contributed by atoms with Crippen molar-refractivity contribution in [3.63, 3.8) is 0 Å². The van der Waals surface area contributed by atoms with Crippen molar-refractivity contribution in [3.8, 4) is 11.5 Å². The van der Waals surface area contributed by atoms with Gasteiger partial charge in [-0.1, -0.05) is 11.8 Å². The number of aromatic hydroxyl groups is 1. The van der Waals surface area contributed by atoms with Gasteiger partial charge in [0.05, 0.1) is 5.56 Å². The minimum atomic E-state index is -1.33. The van der Waals surface area contributed by atoms with E-state index in [1.165, 1.54) is 6.07 Å². The second-order valence-electron chi connectivity index (χ2n) is 1.96. The first kappa shape index (κ1) is 10.8. The maximum absolute atomic E-state index is 10.8.